The zero-order chi connectivity index (χ0) is 16.9. The lowest BCUT2D eigenvalue weighted by Gasteiger charge is -2.15. The molecule has 1 aromatic carbocycles. The van der Waals surface area contributed by atoms with Gasteiger partial charge < -0.3 is 4.74 Å². The molecule has 0 aromatic heterocycles. The van der Waals surface area contributed by atoms with E-state index in [4.69, 9.17) is 5.26 Å². The van der Waals surface area contributed by atoms with Crippen molar-refractivity contribution in [3.8, 4) is 6.07 Å². The van der Waals surface area contributed by atoms with Crippen LogP contribution in [0.4, 0.5) is 22.0 Å². The monoisotopic (exact) mass is 339 g/mol. The van der Waals surface area contributed by atoms with Crippen LogP contribution in [0.1, 0.15) is 30.0 Å². The number of carbonyl (C=O) groups is 1. The number of nitriles is 1. The fourth-order valence-electron chi connectivity index (χ4n) is 1.71. The second-order valence-electron chi connectivity index (χ2n) is 3.95. The number of benzene rings is 1. The van der Waals surface area contributed by atoms with Crippen LogP contribution in [0, 0.1) is 11.3 Å². The lowest BCUT2D eigenvalue weighted by molar-refractivity contribution is -0.142. The molecule has 0 aliphatic heterocycles. The Labute approximate surface area is 127 Å². The Morgan fingerprint density at radius 1 is 1.41 bits per heavy atom. The molecule has 0 unspecified atom stereocenters. The minimum absolute atomic E-state index is 0.0169. The number of nitrogens with zero attached hydrogens (tertiary/aromatic N) is 1. The van der Waals surface area contributed by atoms with Crippen molar-refractivity contribution in [1.82, 2.24) is 0 Å². The highest BCUT2D eigenvalue weighted by molar-refractivity contribution is 8.00. The molecule has 0 heterocycles. The Balaban J connectivity index is 3.39. The molecule has 0 aliphatic carbocycles. The van der Waals surface area contributed by atoms with E-state index in [1.165, 1.54) is 13.0 Å². The summed E-state index contributed by atoms with van der Waals surface area (Å²) in [5.74, 6) is -0.894. The summed E-state index contributed by atoms with van der Waals surface area (Å²) in [5.41, 5.74) is -6.42. The van der Waals surface area contributed by atoms with Crippen LogP contribution in [-0.2, 0) is 16.0 Å². The van der Waals surface area contributed by atoms with Gasteiger partial charge in [0.25, 0.3) is 6.43 Å². The molecule has 0 aliphatic rings. The number of halogens is 5. The molecular weight excluding hydrogens is 329 g/mol. The summed E-state index contributed by atoms with van der Waals surface area (Å²) in [7, 11) is 0. The number of rotatable bonds is 5. The first kappa shape index (κ1) is 18.2. The summed E-state index contributed by atoms with van der Waals surface area (Å²) in [6.07, 6.45) is -3.73. The highest BCUT2D eigenvalue weighted by Gasteiger charge is 2.32. The van der Waals surface area contributed by atoms with Gasteiger partial charge in [-0.2, -0.15) is 18.4 Å². The maximum atomic E-state index is 12.9. The van der Waals surface area contributed by atoms with E-state index in [1.807, 2.05) is 0 Å². The second-order valence-corrected chi connectivity index (χ2v) is 5.06. The first-order valence-corrected chi connectivity index (χ1v) is 6.76. The molecule has 0 saturated heterocycles. The zero-order valence-corrected chi connectivity index (χ0v) is 12.0. The lowest BCUT2D eigenvalue weighted by Crippen LogP contribution is -2.12. The van der Waals surface area contributed by atoms with Gasteiger partial charge in [0.1, 0.15) is 0 Å². The van der Waals surface area contributed by atoms with Crippen LogP contribution >= 0.6 is 11.8 Å². The molecule has 120 valence electrons. The maximum absolute atomic E-state index is 12.9. The maximum Gasteiger partial charge on any atom is 0.446 e. The highest BCUT2D eigenvalue weighted by atomic mass is 32.2. The van der Waals surface area contributed by atoms with Gasteiger partial charge in [0.15, 0.2) is 0 Å². The molecule has 0 N–H and O–H groups in total. The molecule has 0 saturated carbocycles. The first-order valence-electron chi connectivity index (χ1n) is 5.95. The van der Waals surface area contributed by atoms with E-state index in [1.54, 1.807) is 0 Å². The summed E-state index contributed by atoms with van der Waals surface area (Å²) in [4.78, 5) is 11.0. The van der Waals surface area contributed by atoms with Gasteiger partial charge in [-0.25, -0.2) is 8.78 Å². The van der Waals surface area contributed by atoms with Crippen molar-refractivity contribution in [2.24, 2.45) is 0 Å². The van der Waals surface area contributed by atoms with E-state index >= 15 is 0 Å². The Morgan fingerprint density at radius 3 is 2.50 bits per heavy atom. The second kappa shape index (κ2) is 7.45. The third kappa shape index (κ3) is 4.87. The van der Waals surface area contributed by atoms with Crippen molar-refractivity contribution < 1.29 is 31.5 Å². The van der Waals surface area contributed by atoms with Gasteiger partial charge in [-0.15, -0.1) is 0 Å². The Morgan fingerprint density at radius 2 is 2.05 bits per heavy atom. The number of thioether (sulfide) groups is 1. The van der Waals surface area contributed by atoms with Crippen molar-refractivity contribution in [2.45, 2.75) is 30.2 Å². The fourth-order valence-corrected chi connectivity index (χ4v) is 2.40. The molecule has 0 spiro atoms. The van der Waals surface area contributed by atoms with Crippen LogP contribution in [0.2, 0.25) is 0 Å². The van der Waals surface area contributed by atoms with Gasteiger partial charge >= 0.3 is 11.5 Å². The Hall–Kier alpha value is -1.82. The summed E-state index contributed by atoms with van der Waals surface area (Å²) in [5, 5.41) is 8.99. The van der Waals surface area contributed by atoms with Gasteiger partial charge in [0, 0.05) is 10.5 Å². The predicted octanol–water partition coefficient (Wildman–Crippen LogP) is 4.21. The average Bonchev–Trinajstić information content (AvgIpc) is 2.38. The molecule has 0 radical (unpaired) electrons. The topological polar surface area (TPSA) is 50.1 Å². The molecule has 0 fully saturated rings. The molecule has 22 heavy (non-hydrogen) atoms. The third-order valence-electron chi connectivity index (χ3n) is 2.50. The normalized spacial score (nSPS) is 11.4. The van der Waals surface area contributed by atoms with Crippen LogP contribution in [0.15, 0.2) is 17.0 Å². The third-order valence-corrected chi connectivity index (χ3v) is 3.34. The lowest BCUT2D eigenvalue weighted by atomic mass is 9.99. The number of carbonyl (C=O) groups excluding carboxylic acids is 1. The number of ether oxygens (including phenoxy) is 1. The molecule has 0 atom stereocenters. The number of alkyl halides is 5. The fraction of sp³-hybridized carbons (Fsp3) is 0.385. The van der Waals surface area contributed by atoms with E-state index in [0.29, 0.717) is 0 Å². The quantitative estimate of drug-likeness (QED) is 0.458. The van der Waals surface area contributed by atoms with Crippen molar-refractivity contribution in [2.75, 3.05) is 6.61 Å². The first-order chi connectivity index (χ1) is 10.2. The largest absolute Gasteiger partial charge is 0.466 e. The van der Waals surface area contributed by atoms with Gasteiger partial charge in [-0.05, 0) is 30.3 Å². The molecule has 1 aromatic rings. The van der Waals surface area contributed by atoms with E-state index in [9.17, 15) is 26.7 Å². The van der Waals surface area contributed by atoms with Crippen LogP contribution in [0.3, 0.4) is 0 Å². The number of esters is 1. The van der Waals surface area contributed by atoms with Gasteiger partial charge in [0.05, 0.1) is 24.7 Å². The molecule has 1 rings (SSSR count). The Kier molecular flexibility index (Phi) is 6.17. The predicted molar refractivity (Wildman–Crippen MR) is 68.4 cm³/mol. The van der Waals surface area contributed by atoms with Crippen LogP contribution in [-0.4, -0.2) is 18.1 Å². The standard InChI is InChI=1S/C13H10F5NO2S/c1-2-21-11(20)5-8-9(6-19)7(12(14)15)3-4-10(8)22-13(16,17)18/h3-4,12H,2,5H2,1H3. The molecule has 0 bridgehead atoms. The van der Waals surface area contributed by atoms with E-state index in [2.05, 4.69) is 4.74 Å². The smallest absolute Gasteiger partial charge is 0.446 e. The van der Waals surface area contributed by atoms with Crippen LogP contribution < -0.4 is 0 Å². The van der Waals surface area contributed by atoms with E-state index in [-0.39, 0.29) is 6.61 Å². The van der Waals surface area contributed by atoms with Crippen LogP contribution in [0.5, 0.6) is 0 Å². The van der Waals surface area contributed by atoms with Crippen molar-refractivity contribution >= 4 is 17.7 Å². The zero-order valence-electron chi connectivity index (χ0n) is 11.2. The van der Waals surface area contributed by atoms with Crippen molar-refractivity contribution in [3.05, 3.63) is 28.8 Å². The summed E-state index contributed by atoms with van der Waals surface area (Å²) < 4.78 is 67.9. The minimum atomic E-state index is -4.68. The molecular formula is C13H10F5NO2S. The van der Waals surface area contributed by atoms with Crippen molar-refractivity contribution in [1.29, 1.82) is 5.26 Å². The Bertz CT molecular complexity index is 595. The molecule has 9 heteroatoms. The molecule has 3 nitrogen and oxygen atoms in total. The number of hydrogen-bond acceptors (Lipinski definition) is 4. The highest BCUT2D eigenvalue weighted by Crippen LogP contribution is 2.41. The summed E-state index contributed by atoms with van der Waals surface area (Å²) in [6, 6.07) is 3.04. The van der Waals surface area contributed by atoms with Crippen molar-refractivity contribution in [3.63, 3.8) is 0 Å². The van der Waals surface area contributed by atoms with Crippen LogP contribution in [0.25, 0.3) is 0 Å². The molecule has 0 amide bonds. The van der Waals surface area contributed by atoms with Gasteiger partial charge in [-0.1, -0.05) is 6.07 Å². The average molecular weight is 339 g/mol. The van der Waals surface area contributed by atoms with E-state index in [0.717, 1.165) is 12.1 Å². The van der Waals surface area contributed by atoms with Gasteiger partial charge in [-0.3, -0.25) is 4.79 Å². The summed E-state index contributed by atoms with van der Waals surface area (Å²) >= 11 is -0.566. The summed E-state index contributed by atoms with van der Waals surface area (Å²) in [6.45, 7) is 1.47. The number of hydrogen-bond donors (Lipinski definition) is 0. The van der Waals surface area contributed by atoms with E-state index < -0.39 is 57.7 Å². The minimum Gasteiger partial charge on any atom is -0.466 e. The van der Waals surface area contributed by atoms with Gasteiger partial charge in [0.2, 0.25) is 0 Å². The SMILES string of the molecule is CCOC(=O)Cc1c(SC(F)(F)F)ccc(C(F)F)c1C#N.